The summed E-state index contributed by atoms with van der Waals surface area (Å²) < 4.78 is 6.27. The van der Waals surface area contributed by atoms with Crippen LogP contribution in [-0.4, -0.2) is 34.2 Å². The molecule has 0 spiro atoms. The summed E-state index contributed by atoms with van der Waals surface area (Å²) in [6.07, 6.45) is 2.01. The Hall–Kier alpha value is -2.16. The van der Waals surface area contributed by atoms with Gasteiger partial charge in [-0.15, -0.1) is 0 Å². The molecule has 2 aromatic rings. The number of nitrogens with zero attached hydrogens (tertiary/aromatic N) is 2. The maximum absolute atomic E-state index is 13.2. The number of hydrogen-bond acceptors (Lipinski definition) is 4. The van der Waals surface area contributed by atoms with Crippen LogP contribution in [0.5, 0.6) is 0 Å². The second-order valence-corrected chi connectivity index (χ2v) is 8.33. The number of imide groups is 1. The van der Waals surface area contributed by atoms with Gasteiger partial charge in [0.1, 0.15) is 6.04 Å². The summed E-state index contributed by atoms with van der Waals surface area (Å²) in [5, 5.41) is 0. The van der Waals surface area contributed by atoms with Crippen LogP contribution in [0.3, 0.4) is 0 Å². The largest absolute Gasteiger partial charge is 0.459 e. The lowest BCUT2D eigenvalue weighted by molar-refractivity contribution is -0.123. The number of amides is 3. The van der Waals surface area contributed by atoms with Gasteiger partial charge in [0.2, 0.25) is 5.91 Å². The van der Waals surface area contributed by atoms with Crippen molar-refractivity contribution in [2.75, 3.05) is 4.90 Å². The van der Waals surface area contributed by atoms with E-state index < -0.39 is 11.6 Å². The van der Waals surface area contributed by atoms with Gasteiger partial charge < -0.3 is 9.32 Å². The number of rotatable bonds is 5. The lowest BCUT2D eigenvalue weighted by atomic mass is 9.95. The summed E-state index contributed by atoms with van der Waals surface area (Å²) in [6, 6.07) is 9.50. The highest BCUT2D eigenvalue weighted by Gasteiger charge is 2.48. The van der Waals surface area contributed by atoms with Crippen molar-refractivity contribution < 1.29 is 18.8 Å². The molecule has 0 N–H and O–H groups in total. The predicted molar refractivity (Wildman–Crippen MR) is 109 cm³/mol. The van der Waals surface area contributed by atoms with E-state index in [0.717, 1.165) is 3.57 Å². The molecule has 1 aromatic heterocycles. The number of carbonyl (C=O) groups excluding carboxylic acids is 3. The third-order valence-corrected chi connectivity index (χ3v) is 5.71. The minimum atomic E-state index is -0.857. The Balaban J connectivity index is 1.98. The van der Waals surface area contributed by atoms with E-state index in [9.17, 15) is 14.4 Å². The number of hydrogen-bond donors (Lipinski definition) is 0. The lowest BCUT2D eigenvalue weighted by Gasteiger charge is -2.40. The molecule has 142 valence electrons. The van der Waals surface area contributed by atoms with Crippen molar-refractivity contribution in [2.24, 2.45) is 0 Å². The van der Waals surface area contributed by atoms with Crippen LogP contribution < -0.4 is 4.90 Å². The molecule has 1 aromatic carbocycles. The molecule has 0 saturated carbocycles. The van der Waals surface area contributed by atoms with Crippen LogP contribution >= 0.6 is 22.6 Å². The van der Waals surface area contributed by atoms with Crippen LogP contribution in [0.4, 0.5) is 5.69 Å². The lowest BCUT2D eigenvalue weighted by Crippen LogP contribution is -2.55. The maximum Gasteiger partial charge on any atom is 0.290 e. The topological polar surface area (TPSA) is 70.8 Å². The molecule has 1 saturated heterocycles. The van der Waals surface area contributed by atoms with E-state index in [4.69, 9.17) is 4.42 Å². The third kappa shape index (κ3) is 3.65. The fourth-order valence-electron chi connectivity index (χ4n) is 3.21. The molecule has 6 nitrogen and oxygen atoms in total. The van der Waals surface area contributed by atoms with E-state index in [-0.39, 0.29) is 29.9 Å². The van der Waals surface area contributed by atoms with Crippen molar-refractivity contribution >= 4 is 46.0 Å². The average Bonchev–Trinajstić information content (AvgIpc) is 3.25. The van der Waals surface area contributed by atoms with E-state index >= 15 is 0 Å². The normalized spacial score (nSPS) is 17.5. The summed E-state index contributed by atoms with van der Waals surface area (Å²) in [5.41, 5.74) is -0.0976. The Kier molecular flexibility index (Phi) is 5.41. The van der Waals surface area contributed by atoms with Gasteiger partial charge in [0.05, 0.1) is 18.4 Å². The molecule has 3 rings (SSSR count). The first kappa shape index (κ1) is 19.6. The maximum atomic E-state index is 13.2. The van der Waals surface area contributed by atoms with Crippen molar-refractivity contribution in [3.05, 3.63) is 52.0 Å². The van der Waals surface area contributed by atoms with Gasteiger partial charge in [0.25, 0.3) is 11.8 Å². The number of halogens is 1. The van der Waals surface area contributed by atoms with Crippen LogP contribution in [0.15, 0.2) is 47.1 Å². The Morgan fingerprint density at radius 2 is 1.93 bits per heavy atom. The first-order valence-electron chi connectivity index (χ1n) is 8.76. The van der Waals surface area contributed by atoms with Crippen LogP contribution in [-0.2, 0) is 9.59 Å². The zero-order chi connectivity index (χ0) is 19.8. The molecule has 0 bridgehead atoms. The minimum absolute atomic E-state index is 0.0410. The Labute approximate surface area is 171 Å². The monoisotopic (exact) mass is 480 g/mol. The summed E-state index contributed by atoms with van der Waals surface area (Å²) in [7, 11) is 0. The van der Waals surface area contributed by atoms with Crippen LogP contribution in [0.2, 0.25) is 0 Å². The van der Waals surface area contributed by atoms with Gasteiger partial charge in [-0.25, -0.2) is 4.90 Å². The molecule has 7 heteroatoms. The van der Waals surface area contributed by atoms with Gasteiger partial charge in [0.15, 0.2) is 5.76 Å². The van der Waals surface area contributed by atoms with Crippen molar-refractivity contribution in [1.82, 2.24) is 4.90 Å². The van der Waals surface area contributed by atoms with Crippen LogP contribution in [0.1, 0.15) is 44.2 Å². The molecule has 1 aliphatic heterocycles. The number of benzene rings is 1. The first-order chi connectivity index (χ1) is 12.8. The van der Waals surface area contributed by atoms with E-state index in [1.165, 1.54) is 16.1 Å². The fourth-order valence-corrected chi connectivity index (χ4v) is 3.57. The van der Waals surface area contributed by atoms with E-state index in [1.807, 2.05) is 32.9 Å². The Bertz CT molecular complexity index is 859. The van der Waals surface area contributed by atoms with Gasteiger partial charge >= 0.3 is 0 Å². The second kappa shape index (κ2) is 7.46. The molecule has 1 fully saturated rings. The van der Waals surface area contributed by atoms with E-state index in [1.54, 1.807) is 24.3 Å². The van der Waals surface area contributed by atoms with Gasteiger partial charge in [-0.3, -0.25) is 14.4 Å². The molecule has 27 heavy (non-hydrogen) atoms. The smallest absolute Gasteiger partial charge is 0.290 e. The van der Waals surface area contributed by atoms with Gasteiger partial charge in [-0.2, -0.15) is 0 Å². The van der Waals surface area contributed by atoms with Crippen LogP contribution in [0, 0.1) is 3.57 Å². The molecule has 2 heterocycles. The molecule has 3 amide bonds. The number of anilines is 1. The molecule has 1 atom stereocenters. The highest BCUT2D eigenvalue weighted by Crippen LogP contribution is 2.32. The molecule has 0 radical (unpaired) electrons. The molecular weight excluding hydrogens is 459 g/mol. The number of furan rings is 1. The van der Waals surface area contributed by atoms with Gasteiger partial charge in [0, 0.05) is 9.11 Å². The third-order valence-electron chi connectivity index (χ3n) is 4.99. The van der Waals surface area contributed by atoms with Gasteiger partial charge in [-0.1, -0.05) is 6.92 Å². The second-order valence-electron chi connectivity index (χ2n) is 7.08. The summed E-state index contributed by atoms with van der Waals surface area (Å²) in [5.74, 6) is -0.926. The molecule has 0 aliphatic carbocycles. The summed E-state index contributed by atoms with van der Waals surface area (Å²) in [4.78, 5) is 41.6. The zero-order valence-corrected chi connectivity index (χ0v) is 17.6. The predicted octanol–water partition coefficient (Wildman–Crippen LogP) is 3.85. The SMILES string of the molecule is CCC(C)(C)N(C(=O)c1ccco1)C1CC(=O)N(c2ccc(I)cc2)C1=O. The highest BCUT2D eigenvalue weighted by atomic mass is 127. The highest BCUT2D eigenvalue weighted by molar-refractivity contribution is 14.1. The first-order valence-corrected chi connectivity index (χ1v) is 9.83. The van der Waals surface area contributed by atoms with Crippen molar-refractivity contribution in [3.63, 3.8) is 0 Å². The van der Waals surface area contributed by atoms with Crippen molar-refractivity contribution in [1.29, 1.82) is 0 Å². The zero-order valence-electron chi connectivity index (χ0n) is 15.4. The number of carbonyl (C=O) groups is 3. The van der Waals surface area contributed by atoms with Gasteiger partial charge in [-0.05, 0) is 79.3 Å². The Morgan fingerprint density at radius 3 is 2.48 bits per heavy atom. The van der Waals surface area contributed by atoms with Crippen molar-refractivity contribution in [2.45, 2.75) is 45.2 Å². The quantitative estimate of drug-likeness (QED) is 0.482. The summed E-state index contributed by atoms with van der Waals surface area (Å²) in [6.45, 7) is 5.72. The van der Waals surface area contributed by atoms with Crippen molar-refractivity contribution in [3.8, 4) is 0 Å². The van der Waals surface area contributed by atoms with E-state index in [2.05, 4.69) is 22.6 Å². The Morgan fingerprint density at radius 1 is 1.26 bits per heavy atom. The average molecular weight is 480 g/mol. The molecular formula is C20H21IN2O4. The fraction of sp³-hybridized carbons (Fsp3) is 0.350. The van der Waals surface area contributed by atoms with Crippen LogP contribution in [0.25, 0.3) is 0 Å². The minimum Gasteiger partial charge on any atom is -0.459 e. The standard InChI is InChI=1S/C20H21IN2O4/c1-4-20(2,3)23(19(26)16-6-5-11-27-16)15-12-17(24)22(18(15)25)14-9-7-13(21)8-10-14/h5-11,15H,4,12H2,1-3H3. The van der Waals surface area contributed by atoms with E-state index in [0.29, 0.717) is 12.1 Å². The summed E-state index contributed by atoms with van der Waals surface area (Å²) >= 11 is 2.16. The molecule has 1 aliphatic rings. The molecule has 1 unspecified atom stereocenters.